The third kappa shape index (κ3) is 4.14. The van der Waals surface area contributed by atoms with Crippen LogP contribution in [0, 0.1) is 0 Å². The molecule has 2 N–H and O–H groups in total. The minimum Gasteiger partial charge on any atom is -0.372 e. The van der Waals surface area contributed by atoms with Crippen LogP contribution < -0.4 is 10.6 Å². The molecular weight excluding hydrogens is 418 g/mol. The molecule has 2 heterocycles. The summed E-state index contributed by atoms with van der Waals surface area (Å²) in [6.07, 6.45) is 2.14. The summed E-state index contributed by atoms with van der Waals surface area (Å²) in [7, 11) is 0. The zero-order chi connectivity index (χ0) is 23.9. The molecule has 2 aliphatic rings. The van der Waals surface area contributed by atoms with E-state index in [-0.39, 0.29) is 16.9 Å². The SMILES string of the molecule is CC1(C)c2ccc(-c3cccc(N4CCC(N)CC4)n3)cc2C(C)(C)C1OCc1ccccc1. The van der Waals surface area contributed by atoms with E-state index in [0.717, 1.165) is 37.4 Å². The number of ether oxygens (including phenoxy) is 1. The first-order chi connectivity index (χ1) is 16.3. The van der Waals surface area contributed by atoms with Crippen LogP contribution >= 0.6 is 0 Å². The maximum absolute atomic E-state index is 6.62. The van der Waals surface area contributed by atoms with Gasteiger partial charge in [0.05, 0.1) is 18.4 Å². The van der Waals surface area contributed by atoms with Gasteiger partial charge in [0.15, 0.2) is 0 Å². The number of benzene rings is 2. The van der Waals surface area contributed by atoms with E-state index in [0.29, 0.717) is 12.6 Å². The van der Waals surface area contributed by atoms with Crippen LogP contribution in [0.2, 0.25) is 0 Å². The molecular formula is C30H37N3O. The Bertz CT molecular complexity index is 1150. The summed E-state index contributed by atoms with van der Waals surface area (Å²) in [5.74, 6) is 1.05. The average molecular weight is 456 g/mol. The van der Waals surface area contributed by atoms with E-state index in [9.17, 15) is 0 Å². The van der Waals surface area contributed by atoms with E-state index in [2.05, 4.69) is 93.3 Å². The Hall–Kier alpha value is -2.69. The van der Waals surface area contributed by atoms with E-state index < -0.39 is 0 Å². The molecule has 0 amide bonds. The summed E-state index contributed by atoms with van der Waals surface area (Å²) in [5, 5.41) is 0. The van der Waals surface area contributed by atoms with Gasteiger partial charge in [0.25, 0.3) is 0 Å². The van der Waals surface area contributed by atoms with Gasteiger partial charge in [0.2, 0.25) is 0 Å². The van der Waals surface area contributed by atoms with Crippen molar-refractivity contribution in [2.45, 2.75) is 70.1 Å². The van der Waals surface area contributed by atoms with Crippen LogP contribution in [0.5, 0.6) is 0 Å². The van der Waals surface area contributed by atoms with Crippen LogP contribution in [0.15, 0.2) is 66.7 Å². The van der Waals surface area contributed by atoms with Gasteiger partial charge in [-0.15, -0.1) is 0 Å². The minimum absolute atomic E-state index is 0.0754. The molecule has 4 heteroatoms. The Labute approximate surface area is 204 Å². The Morgan fingerprint density at radius 2 is 1.59 bits per heavy atom. The molecule has 0 radical (unpaired) electrons. The van der Waals surface area contributed by atoms with Crippen LogP contribution in [0.3, 0.4) is 0 Å². The lowest BCUT2D eigenvalue weighted by Gasteiger charge is -2.36. The predicted octanol–water partition coefficient (Wildman–Crippen LogP) is 5.83. The predicted molar refractivity (Wildman–Crippen MR) is 140 cm³/mol. The third-order valence-electron chi connectivity index (χ3n) is 7.87. The summed E-state index contributed by atoms with van der Waals surface area (Å²) in [6.45, 7) is 11.8. The van der Waals surface area contributed by atoms with Gasteiger partial charge in [-0.05, 0) is 47.7 Å². The second-order valence-electron chi connectivity index (χ2n) is 11.1. The van der Waals surface area contributed by atoms with Crippen LogP contribution in [-0.2, 0) is 22.2 Å². The first-order valence-electron chi connectivity index (χ1n) is 12.6. The molecule has 34 heavy (non-hydrogen) atoms. The molecule has 1 saturated heterocycles. The smallest absolute Gasteiger partial charge is 0.129 e. The van der Waals surface area contributed by atoms with Crippen molar-refractivity contribution < 1.29 is 4.74 Å². The zero-order valence-corrected chi connectivity index (χ0v) is 20.9. The Morgan fingerprint density at radius 3 is 2.32 bits per heavy atom. The maximum atomic E-state index is 6.62. The Morgan fingerprint density at radius 1 is 0.882 bits per heavy atom. The van der Waals surface area contributed by atoms with Crippen molar-refractivity contribution in [2.24, 2.45) is 5.73 Å². The summed E-state index contributed by atoms with van der Waals surface area (Å²) < 4.78 is 6.62. The van der Waals surface area contributed by atoms with Gasteiger partial charge in [-0.3, -0.25) is 0 Å². The molecule has 2 aromatic carbocycles. The number of piperidine rings is 1. The molecule has 1 aromatic heterocycles. The standard InChI is InChI=1S/C30H37N3O/c1-29(2)24-14-13-22(26-11-8-12-27(32-26)33-17-15-23(31)16-18-33)19-25(24)30(3,4)28(29)34-20-21-9-6-5-7-10-21/h5-14,19,23,28H,15-18,20,31H2,1-4H3. The lowest BCUT2D eigenvalue weighted by atomic mass is 9.78. The average Bonchev–Trinajstić information content (AvgIpc) is 2.99. The number of nitrogens with two attached hydrogens (primary N) is 1. The number of pyridine rings is 1. The fourth-order valence-corrected chi connectivity index (χ4v) is 6.04. The molecule has 178 valence electrons. The highest BCUT2D eigenvalue weighted by Crippen LogP contribution is 2.52. The monoisotopic (exact) mass is 455 g/mol. The van der Waals surface area contributed by atoms with E-state index in [1.165, 1.54) is 22.3 Å². The second-order valence-corrected chi connectivity index (χ2v) is 11.1. The molecule has 1 aliphatic carbocycles. The Kier molecular flexibility index (Phi) is 5.99. The zero-order valence-electron chi connectivity index (χ0n) is 20.9. The van der Waals surface area contributed by atoms with Crippen LogP contribution in [-0.4, -0.2) is 30.2 Å². The third-order valence-corrected chi connectivity index (χ3v) is 7.87. The molecule has 5 rings (SSSR count). The summed E-state index contributed by atoms with van der Waals surface area (Å²) in [4.78, 5) is 7.41. The summed E-state index contributed by atoms with van der Waals surface area (Å²) in [6, 6.07) is 24.0. The molecule has 0 saturated carbocycles. The highest BCUT2D eigenvalue weighted by molar-refractivity contribution is 5.66. The first kappa shape index (κ1) is 23.1. The fourth-order valence-electron chi connectivity index (χ4n) is 6.04. The number of aromatic nitrogens is 1. The van der Waals surface area contributed by atoms with E-state index in [1.807, 2.05) is 6.07 Å². The topological polar surface area (TPSA) is 51.4 Å². The molecule has 1 unspecified atom stereocenters. The lowest BCUT2D eigenvalue weighted by molar-refractivity contribution is -0.0339. The number of anilines is 1. The summed E-state index contributed by atoms with van der Waals surface area (Å²) in [5.41, 5.74) is 12.1. The van der Waals surface area contributed by atoms with Crippen molar-refractivity contribution in [1.29, 1.82) is 0 Å². The van der Waals surface area contributed by atoms with Crippen molar-refractivity contribution in [1.82, 2.24) is 4.98 Å². The van der Waals surface area contributed by atoms with Crippen LogP contribution in [0.25, 0.3) is 11.3 Å². The van der Waals surface area contributed by atoms with Gasteiger partial charge < -0.3 is 15.4 Å². The van der Waals surface area contributed by atoms with Crippen molar-refractivity contribution in [3.05, 3.63) is 83.4 Å². The number of hydrogen-bond donors (Lipinski definition) is 1. The Balaban J connectivity index is 1.43. The maximum Gasteiger partial charge on any atom is 0.129 e. The van der Waals surface area contributed by atoms with Crippen molar-refractivity contribution in [3.8, 4) is 11.3 Å². The highest BCUT2D eigenvalue weighted by Gasteiger charge is 2.52. The molecule has 0 spiro atoms. The molecule has 0 bridgehead atoms. The number of hydrogen-bond acceptors (Lipinski definition) is 4. The van der Waals surface area contributed by atoms with Gasteiger partial charge in [-0.25, -0.2) is 4.98 Å². The van der Waals surface area contributed by atoms with Crippen molar-refractivity contribution in [3.63, 3.8) is 0 Å². The number of nitrogens with zero attached hydrogens (tertiary/aromatic N) is 2. The van der Waals surface area contributed by atoms with Gasteiger partial charge in [-0.2, -0.15) is 0 Å². The molecule has 4 nitrogen and oxygen atoms in total. The lowest BCUT2D eigenvalue weighted by Crippen LogP contribution is -2.41. The van der Waals surface area contributed by atoms with Gasteiger partial charge in [0, 0.05) is 35.5 Å². The van der Waals surface area contributed by atoms with Gasteiger partial charge in [-0.1, -0.05) is 76.2 Å². The highest BCUT2D eigenvalue weighted by atomic mass is 16.5. The molecule has 1 fully saturated rings. The molecule has 1 aliphatic heterocycles. The van der Waals surface area contributed by atoms with E-state index in [4.69, 9.17) is 15.5 Å². The van der Waals surface area contributed by atoms with Gasteiger partial charge >= 0.3 is 0 Å². The van der Waals surface area contributed by atoms with E-state index >= 15 is 0 Å². The van der Waals surface area contributed by atoms with Gasteiger partial charge in [0.1, 0.15) is 5.82 Å². The molecule has 1 atom stereocenters. The van der Waals surface area contributed by atoms with Crippen LogP contribution in [0.4, 0.5) is 5.82 Å². The number of rotatable bonds is 5. The van der Waals surface area contributed by atoms with E-state index in [1.54, 1.807) is 0 Å². The second kappa shape index (κ2) is 8.83. The first-order valence-corrected chi connectivity index (χ1v) is 12.6. The largest absolute Gasteiger partial charge is 0.372 e. The molecule has 3 aromatic rings. The number of fused-ring (bicyclic) bond motifs is 1. The minimum atomic E-state index is -0.107. The van der Waals surface area contributed by atoms with Crippen LogP contribution in [0.1, 0.15) is 57.2 Å². The fraction of sp³-hybridized carbons (Fsp3) is 0.433. The van der Waals surface area contributed by atoms with Crippen molar-refractivity contribution in [2.75, 3.05) is 18.0 Å². The normalized spacial score (nSPS) is 21.4. The summed E-state index contributed by atoms with van der Waals surface area (Å²) >= 11 is 0. The quantitative estimate of drug-likeness (QED) is 0.526. The van der Waals surface area contributed by atoms with Crippen molar-refractivity contribution >= 4 is 5.82 Å².